The van der Waals surface area contributed by atoms with E-state index in [0.717, 1.165) is 41.8 Å². The van der Waals surface area contributed by atoms with Gasteiger partial charge in [0.2, 0.25) is 21.8 Å². The maximum Gasteiger partial charge on any atom is 0.244 e. The fraction of sp³-hybridized carbons (Fsp3) is 0.333. The highest BCUT2D eigenvalue weighted by atomic mass is 35.5. The molecule has 0 radical (unpaired) electrons. The average Bonchev–Trinajstić information content (AvgIpc) is 3.45. The van der Waals surface area contributed by atoms with Crippen LogP contribution in [-0.4, -0.2) is 50.0 Å². The number of nitrogens with one attached hydrogen (secondary N) is 1. The molecule has 0 bridgehead atoms. The van der Waals surface area contributed by atoms with Crippen LogP contribution in [0, 0.1) is 0 Å². The number of amides is 2. The van der Waals surface area contributed by atoms with E-state index in [-0.39, 0.29) is 40.6 Å². The second-order valence-corrected chi connectivity index (χ2v) is 13.9. The molecule has 7 nitrogen and oxygen atoms in total. The van der Waals surface area contributed by atoms with Crippen LogP contribution in [-0.2, 0) is 32.6 Å². The van der Waals surface area contributed by atoms with E-state index in [9.17, 15) is 18.0 Å². The van der Waals surface area contributed by atoms with Crippen molar-refractivity contribution in [3.8, 4) is 0 Å². The molecule has 0 saturated heterocycles. The van der Waals surface area contributed by atoms with E-state index in [4.69, 9.17) is 46.4 Å². The number of hydrogen-bond donors (Lipinski definition) is 1. The minimum atomic E-state index is -3.94. The van der Waals surface area contributed by atoms with E-state index in [1.165, 1.54) is 23.1 Å². The Labute approximate surface area is 266 Å². The summed E-state index contributed by atoms with van der Waals surface area (Å²) in [7, 11) is -3.94. The van der Waals surface area contributed by atoms with Crippen LogP contribution >= 0.6 is 46.4 Å². The van der Waals surface area contributed by atoms with Crippen LogP contribution in [0.15, 0.2) is 66.7 Å². The van der Waals surface area contributed by atoms with Gasteiger partial charge >= 0.3 is 0 Å². The number of benzene rings is 3. The molecule has 3 aromatic rings. The van der Waals surface area contributed by atoms with Crippen molar-refractivity contribution in [3.63, 3.8) is 0 Å². The first-order valence-electron chi connectivity index (χ1n) is 13.4. The Morgan fingerprint density at radius 2 is 1.48 bits per heavy atom. The molecule has 1 aliphatic rings. The Hall–Kier alpha value is -2.49. The summed E-state index contributed by atoms with van der Waals surface area (Å²) < 4.78 is 26.8. The number of carbonyl (C=O) groups excluding carboxylic acids is 2. The molecule has 4 rings (SSSR count). The zero-order valence-electron chi connectivity index (χ0n) is 22.9. The zero-order chi connectivity index (χ0) is 30.4. The van der Waals surface area contributed by atoms with E-state index in [2.05, 4.69) is 5.32 Å². The second-order valence-electron chi connectivity index (χ2n) is 10.3. The van der Waals surface area contributed by atoms with E-state index < -0.39 is 28.5 Å². The van der Waals surface area contributed by atoms with Crippen LogP contribution < -0.4 is 9.62 Å². The molecule has 2 amide bonds. The van der Waals surface area contributed by atoms with Crippen molar-refractivity contribution >= 4 is 73.9 Å². The molecule has 0 aromatic heterocycles. The molecule has 0 spiro atoms. The van der Waals surface area contributed by atoms with Crippen molar-refractivity contribution in [2.75, 3.05) is 17.1 Å². The maximum absolute atomic E-state index is 14.2. The molecule has 1 unspecified atom stereocenters. The van der Waals surface area contributed by atoms with E-state index >= 15 is 0 Å². The third-order valence-electron chi connectivity index (χ3n) is 7.18. The van der Waals surface area contributed by atoms with Crippen LogP contribution in [0.4, 0.5) is 5.69 Å². The number of nitrogens with zero attached hydrogens (tertiary/aromatic N) is 2. The molecule has 224 valence electrons. The van der Waals surface area contributed by atoms with Crippen LogP contribution in [0.5, 0.6) is 0 Å². The van der Waals surface area contributed by atoms with Crippen LogP contribution in [0.25, 0.3) is 0 Å². The van der Waals surface area contributed by atoms with Gasteiger partial charge in [-0.1, -0.05) is 95.6 Å². The van der Waals surface area contributed by atoms with Gasteiger partial charge in [-0.2, -0.15) is 0 Å². The van der Waals surface area contributed by atoms with Crippen LogP contribution in [0.3, 0.4) is 0 Å². The predicted molar refractivity (Wildman–Crippen MR) is 170 cm³/mol. The first kappa shape index (κ1) is 32.4. The molecule has 1 N–H and O–H groups in total. The quantitative estimate of drug-likeness (QED) is 0.244. The molecule has 0 heterocycles. The Morgan fingerprint density at radius 1 is 0.857 bits per heavy atom. The summed E-state index contributed by atoms with van der Waals surface area (Å²) >= 11 is 24.7. The maximum atomic E-state index is 14.2. The number of carbonyl (C=O) groups is 2. The first-order valence-corrected chi connectivity index (χ1v) is 16.8. The third kappa shape index (κ3) is 8.54. The van der Waals surface area contributed by atoms with Gasteiger partial charge in [0.1, 0.15) is 12.6 Å². The zero-order valence-corrected chi connectivity index (χ0v) is 26.7. The number of rotatable bonds is 11. The SMILES string of the molecule is CS(=O)(=O)N(CC(=O)N(Cc1ccc(Cl)c(Cl)c1)C(Cc1ccccc1)C(=O)NC1CCCC1)c1ccc(Cl)c(Cl)c1. The van der Waals surface area contributed by atoms with Crippen molar-refractivity contribution in [1.29, 1.82) is 0 Å². The summed E-state index contributed by atoms with van der Waals surface area (Å²) in [5.41, 5.74) is 1.65. The van der Waals surface area contributed by atoms with Crippen molar-refractivity contribution in [2.24, 2.45) is 0 Å². The van der Waals surface area contributed by atoms with Crippen molar-refractivity contribution < 1.29 is 18.0 Å². The molecule has 12 heteroatoms. The summed E-state index contributed by atoms with van der Waals surface area (Å²) in [6.45, 7) is -0.579. The normalized spacial score (nSPS) is 14.4. The Balaban J connectivity index is 1.74. The fourth-order valence-electron chi connectivity index (χ4n) is 5.01. The minimum absolute atomic E-state index is 0.00964. The highest BCUT2D eigenvalue weighted by molar-refractivity contribution is 7.92. The highest BCUT2D eigenvalue weighted by Gasteiger charge is 2.34. The van der Waals surface area contributed by atoms with Gasteiger partial charge in [0.15, 0.2) is 0 Å². The summed E-state index contributed by atoms with van der Waals surface area (Å²) in [6.07, 6.45) is 4.99. The van der Waals surface area contributed by atoms with Gasteiger partial charge in [-0.05, 0) is 54.3 Å². The number of hydrogen-bond acceptors (Lipinski definition) is 4. The lowest BCUT2D eigenvalue weighted by Crippen LogP contribution is -2.54. The monoisotopic (exact) mass is 669 g/mol. The Morgan fingerprint density at radius 3 is 2.07 bits per heavy atom. The molecule has 0 aliphatic heterocycles. The summed E-state index contributed by atoms with van der Waals surface area (Å²) in [4.78, 5) is 29.5. The fourth-order valence-corrected chi connectivity index (χ4v) is 6.46. The van der Waals surface area contributed by atoms with Gasteiger partial charge in [-0.3, -0.25) is 13.9 Å². The lowest BCUT2D eigenvalue weighted by Gasteiger charge is -2.34. The Bertz CT molecular complexity index is 1530. The molecular formula is C30H31Cl4N3O4S. The molecule has 1 aliphatic carbocycles. The molecular weight excluding hydrogens is 640 g/mol. The summed E-state index contributed by atoms with van der Waals surface area (Å²) in [5, 5.41) is 4.15. The lowest BCUT2D eigenvalue weighted by molar-refractivity contribution is -0.140. The molecule has 42 heavy (non-hydrogen) atoms. The Kier molecular flexibility index (Phi) is 11.1. The third-order valence-corrected chi connectivity index (χ3v) is 9.80. The van der Waals surface area contributed by atoms with Gasteiger partial charge < -0.3 is 10.2 Å². The average molecular weight is 671 g/mol. The highest BCUT2D eigenvalue weighted by Crippen LogP contribution is 2.29. The second kappa shape index (κ2) is 14.3. The van der Waals surface area contributed by atoms with Crippen molar-refractivity contribution in [1.82, 2.24) is 10.2 Å². The molecule has 1 saturated carbocycles. The van der Waals surface area contributed by atoms with Gasteiger partial charge in [0, 0.05) is 19.0 Å². The minimum Gasteiger partial charge on any atom is -0.352 e. The largest absolute Gasteiger partial charge is 0.352 e. The van der Waals surface area contributed by atoms with Gasteiger partial charge in [-0.15, -0.1) is 0 Å². The molecule has 1 atom stereocenters. The van der Waals surface area contributed by atoms with Gasteiger partial charge in [-0.25, -0.2) is 8.42 Å². The molecule has 3 aromatic carbocycles. The first-order chi connectivity index (χ1) is 19.9. The van der Waals surface area contributed by atoms with E-state index in [1.807, 2.05) is 30.3 Å². The van der Waals surface area contributed by atoms with Crippen LogP contribution in [0.2, 0.25) is 20.1 Å². The molecule has 1 fully saturated rings. The summed E-state index contributed by atoms with van der Waals surface area (Å²) in [5.74, 6) is -0.889. The number of anilines is 1. The van der Waals surface area contributed by atoms with Crippen LogP contribution in [0.1, 0.15) is 36.8 Å². The standard InChI is InChI=1S/C30H31Cl4N3O4S/c1-42(40,41)37(23-12-14-25(32)27(34)17-23)19-29(38)36(18-21-11-13-24(31)26(33)15-21)28(16-20-7-3-2-4-8-20)30(39)35-22-9-5-6-10-22/h2-4,7-8,11-15,17,22,28H,5-6,9-10,16,18-19H2,1H3,(H,35,39). The van der Waals surface area contributed by atoms with Gasteiger partial charge in [0.25, 0.3) is 0 Å². The van der Waals surface area contributed by atoms with E-state index in [0.29, 0.717) is 15.6 Å². The lowest BCUT2D eigenvalue weighted by atomic mass is 10.0. The predicted octanol–water partition coefficient (Wildman–Crippen LogP) is 6.77. The number of sulfonamides is 1. The number of halogens is 4. The van der Waals surface area contributed by atoms with E-state index in [1.54, 1.807) is 18.2 Å². The summed E-state index contributed by atoms with van der Waals surface area (Å²) in [6, 6.07) is 17.7. The topological polar surface area (TPSA) is 86.8 Å². The smallest absolute Gasteiger partial charge is 0.244 e. The van der Waals surface area contributed by atoms with Crippen molar-refractivity contribution in [2.45, 2.75) is 50.7 Å². The van der Waals surface area contributed by atoms with Gasteiger partial charge in [0.05, 0.1) is 32.0 Å². The van der Waals surface area contributed by atoms with Crippen molar-refractivity contribution in [3.05, 3.63) is 97.9 Å².